The second kappa shape index (κ2) is 6.26. The number of para-hydroxylation sites is 3. The zero-order valence-corrected chi connectivity index (χ0v) is 12.5. The summed E-state index contributed by atoms with van der Waals surface area (Å²) >= 11 is 0. The Balaban J connectivity index is 1.96. The molecule has 4 nitrogen and oxygen atoms in total. The van der Waals surface area contributed by atoms with E-state index in [0.29, 0.717) is 11.5 Å². The van der Waals surface area contributed by atoms with Gasteiger partial charge in [0, 0.05) is 5.56 Å². The van der Waals surface area contributed by atoms with Crippen LogP contribution in [0.1, 0.15) is 11.3 Å². The predicted octanol–water partition coefficient (Wildman–Crippen LogP) is 3.82. The van der Waals surface area contributed by atoms with E-state index in [9.17, 15) is 0 Å². The molecule has 0 aliphatic rings. The Hall–Kier alpha value is -2.88. The Labute approximate surface area is 129 Å². The Morgan fingerprint density at radius 3 is 2.45 bits per heavy atom. The van der Waals surface area contributed by atoms with Gasteiger partial charge in [-0.3, -0.25) is 4.98 Å². The van der Waals surface area contributed by atoms with Gasteiger partial charge in [-0.05, 0) is 30.4 Å². The second-order valence-corrected chi connectivity index (χ2v) is 4.70. The van der Waals surface area contributed by atoms with E-state index in [1.807, 2.05) is 54.6 Å². The van der Waals surface area contributed by atoms with Crippen molar-refractivity contribution in [2.45, 2.75) is 0 Å². The molecule has 22 heavy (non-hydrogen) atoms. The SMILES string of the molecule is COc1cccc(/C=C\c2cnc3ccccc3n2)c1OC. The highest BCUT2D eigenvalue weighted by Crippen LogP contribution is 2.31. The fourth-order valence-corrected chi connectivity index (χ4v) is 2.27. The average Bonchev–Trinajstić information content (AvgIpc) is 2.59. The lowest BCUT2D eigenvalue weighted by Gasteiger charge is -2.09. The molecule has 0 saturated carbocycles. The topological polar surface area (TPSA) is 44.2 Å². The average molecular weight is 292 g/mol. The first kappa shape index (κ1) is 14.1. The maximum atomic E-state index is 5.41. The molecular formula is C18H16N2O2. The molecule has 1 aromatic heterocycles. The number of fused-ring (bicyclic) bond motifs is 1. The van der Waals surface area contributed by atoms with E-state index in [2.05, 4.69) is 9.97 Å². The first-order chi connectivity index (χ1) is 10.8. The highest BCUT2D eigenvalue weighted by molar-refractivity contribution is 5.78. The predicted molar refractivity (Wildman–Crippen MR) is 88.0 cm³/mol. The summed E-state index contributed by atoms with van der Waals surface area (Å²) in [6.45, 7) is 0. The number of hydrogen-bond acceptors (Lipinski definition) is 4. The number of methoxy groups -OCH3 is 2. The van der Waals surface area contributed by atoms with Gasteiger partial charge in [0.15, 0.2) is 11.5 Å². The van der Waals surface area contributed by atoms with Crippen molar-refractivity contribution in [2.75, 3.05) is 14.2 Å². The summed E-state index contributed by atoms with van der Waals surface area (Å²) in [7, 11) is 3.26. The van der Waals surface area contributed by atoms with Crippen molar-refractivity contribution in [3.63, 3.8) is 0 Å². The fourth-order valence-electron chi connectivity index (χ4n) is 2.27. The van der Waals surface area contributed by atoms with Crippen molar-refractivity contribution in [2.24, 2.45) is 0 Å². The molecule has 0 fully saturated rings. The third-order valence-corrected chi connectivity index (χ3v) is 3.33. The van der Waals surface area contributed by atoms with Gasteiger partial charge >= 0.3 is 0 Å². The van der Waals surface area contributed by atoms with Gasteiger partial charge < -0.3 is 9.47 Å². The summed E-state index contributed by atoms with van der Waals surface area (Å²) in [5.41, 5.74) is 3.49. The van der Waals surface area contributed by atoms with Crippen LogP contribution in [0.4, 0.5) is 0 Å². The highest BCUT2D eigenvalue weighted by Gasteiger charge is 2.06. The zero-order chi connectivity index (χ0) is 15.4. The van der Waals surface area contributed by atoms with Crippen LogP contribution in [0.15, 0.2) is 48.7 Å². The van der Waals surface area contributed by atoms with Crippen LogP contribution >= 0.6 is 0 Å². The fraction of sp³-hybridized carbons (Fsp3) is 0.111. The normalized spacial score (nSPS) is 11.0. The third-order valence-electron chi connectivity index (χ3n) is 3.33. The van der Waals surface area contributed by atoms with E-state index in [-0.39, 0.29) is 0 Å². The molecule has 0 aliphatic carbocycles. The molecule has 3 aromatic rings. The van der Waals surface area contributed by atoms with Gasteiger partial charge in [0.2, 0.25) is 0 Å². The summed E-state index contributed by atoms with van der Waals surface area (Å²) in [4.78, 5) is 8.97. The van der Waals surface area contributed by atoms with Crippen molar-refractivity contribution in [3.8, 4) is 11.5 Å². The molecule has 110 valence electrons. The molecule has 4 heteroatoms. The largest absolute Gasteiger partial charge is 0.493 e. The van der Waals surface area contributed by atoms with Crippen LogP contribution in [0.2, 0.25) is 0 Å². The minimum absolute atomic E-state index is 0.703. The summed E-state index contributed by atoms with van der Waals surface area (Å²) in [6, 6.07) is 13.6. The zero-order valence-electron chi connectivity index (χ0n) is 12.5. The van der Waals surface area contributed by atoms with Crippen molar-refractivity contribution in [3.05, 3.63) is 59.9 Å². The van der Waals surface area contributed by atoms with Crippen LogP contribution in [0.5, 0.6) is 11.5 Å². The first-order valence-electron chi connectivity index (χ1n) is 6.92. The summed E-state index contributed by atoms with van der Waals surface area (Å²) in [6.07, 6.45) is 5.61. The van der Waals surface area contributed by atoms with E-state index in [0.717, 1.165) is 22.3 Å². The van der Waals surface area contributed by atoms with Gasteiger partial charge in [-0.1, -0.05) is 24.3 Å². The number of rotatable bonds is 4. The molecular weight excluding hydrogens is 276 g/mol. The first-order valence-corrected chi connectivity index (χ1v) is 6.92. The third kappa shape index (κ3) is 2.76. The van der Waals surface area contributed by atoms with Crippen LogP contribution in [0.25, 0.3) is 23.2 Å². The molecule has 0 bridgehead atoms. The van der Waals surface area contributed by atoms with Crippen LogP contribution < -0.4 is 9.47 Å². The number of nitrogens with zero attached hydrogens (tertiary/aromatic N) is 2. The minimum atomic E-state index is 0.703. The molecule has 0 atom stereocenters. The molecule has 1 heterocycles. The summed E-state index contributed by atoms with van der Waals surface area (Å²) < 4.78 is 10.7. The van der Waals surface area contributed by atoms with Crippen molar-refractivity contribution in [1.82, 2.24) is 9.97 Å². The van der Waals surface area contributed by atoms with Crippen molar-refractivity contribution < 1.29 is 9.47 Å². The van der Waals surface area contributed by atoms with Gasteiger partial charge in [-0.25, -0.2) is 4.98 Å². The van der Waals surface area contributed by atoms with E-state index >= 15 is 0 Å². The van der Waals surface area contributed by atoms with Gasteiger partial charge in [0.1, 0.15) is 0 Å². The van der Waals surface area contributed by atoms with E-state index in [1.165, 1.54) is 0 Å². The lowest BCUT2D eigenvalue weighted by atomic mass is 10.1. The molecule has 0 amide bonds. The van der Waals surface area contributed by atoms with Gasteiger partial charge in [-0.2, -0.15) is 0 Å². The van der Waals surface area contributed by atoms with Crippen LogP contribution in [-0.4, -0.2) is 24.2 Å². The van der Waals surface area contributed by atoms with Crippen molar-refractivity contribution >= 4 is 23.2 Å². The molecule has 0 N–H and O–H groups in total. The quantitative estimate of drug-likeness (QED) is 0.733. The Kier molecular flexibility index (Phi) is 4.01. The Morgan fingerprint density at radius 1 is 0.864 bits per heavy atom. The molecule has 2 aromatic carbocycles. The number of aromatic nitrogens is 2. The van der Waals surface area contributed by atoms with Crippen LogP contribution in [0.3, 0.4) is 0 Å². The summed E-state index contributed by atoms with van der Waals surface area (Å²) in [5, 5.41) is 0. The van der Waals surface area contributed by atoms with Crippen LogP contribution in [-0.2, 0) is 0 Å². The molecule has 0 unspecified atom stereocenters. The molecule has 3 rings (SSSR count). The summed E-state index contributed by atoms with van der Waals surface area (Å²) in [5.74, 6) is 1.41. The second-order valence-electron chi connectivity index (χ2n) is 4.70. The highest BCUT2D eigenvalue weighted by atomic mass is 16.5. The van der Waals surface area contributed by atoms with E-state index in [4.69, 9.17) is 9.47 Å². The molecule has 0 radical (unpaired) electrons. The minimum Gasteiger partial charge on any atom is -0.493 e. The van der Waals surface area contributed by atoms with Crippen LogP contribution in [0, 0.1) is 0 Å². The molecule has 0 spiro atoms. The maximum Gasteiger partial charge on any atom is 0.167 e. The number of hydrogen-bond donors (Lipinski definition) is 0. The van der Waals surface area contributed by atoms with Gasteiger partial charge in [-0.15, -0.1) is 0 Å². The lowest BCUT2D eigenvalue weighted by Crippen LogP contribution is -1.92. The van der Waals surface area contributed by atoms with Gasteiger partial charge in [0.25, 0.3) is 0 Å². The molecule has 0 saturated heterocycles. The molecule has 0 aliphatic heterocycles. The van der Waals surface area contributed by atoms with E-state index < -0.39 is 0 Å². The smallest absolute Gasteiger partial charge is 0.167 e. The maximum absolute atomic E-state index is 5.41. The standard InChI is InChI=1S/C18H16N2O2/c1-21-17-9-5-6-13(18(17)22-2)10-11-14-12-19-15-7-3-4-8-16(15)20-14/h3-12H,1-2H3/b11-10-. The van der Waals surface area contributed by atoms with E-state index in [1.54, 1.807) is 20.4 Å². The van der Waals surface area contributed by atoms with Crippen molar-refractivity contribution in [1.29, 1.82) is 0 Å². The monoisotopic (exact) mass is 292 g/mol. The Morgan fingerprint density at radius 2 is 1.68 bits per heavy atom. The Bertz CT molecular complexity index is 828. The number of ether oxygens (including phenoxy) is 2. The number of benzene rings is 2. The lowest BCUT2D eigenvalue weighted by molar-refractivity contribution is 0.354. The van der Waals surface area contributed by atoms with Gasteiger partial charge in [0.05, 0.1) is 37.1 Å².